The maximum absolute atomic E-state index is 4.92. The topological polar surface area (TPSA) is 15.6 Å². The summed E-state index contributed by atoms with van der Waals surface area (Å²) in [5.41, 5.74) is 5.00. The van der Waals surface area contributed by atoms with Gasteiger partial charge in [0.15, 0.2) is 0 Å². The molecule has 1 aliphatic heterocycles. The van der Waals surface area contributed by atoms with Crippen molar-refractivity contribution < 1.29 is 0 Å². The van der Waals surface area contributed by atoms with Gasteiger partial charge in [-0.2, -0.15) is 0 Å². The first-order chi connectivity index (χ1) is 9.11. The summed E-state index contributed by atoms with van der Waals surface area (Å²) < 4.78 is 0. The zero-order chi connectivity index (χ0) is 13.8. The van der Waals surface area contributed by atoms with Gasteiger partial charge in [0.2, 0.25) is 0 Å². The molecule has 2 rings (SSSR count). The Morgan fingerprint density at radius 2 is 2.11 bits per heavy atom. The fourth-order valence-corrected chi connectivity index (χ4v) is 2.46. The van der Waals surface area contributed by atoms with Gasteiger partial charge in [-0.1, -0.05) is 24.3 Å². The van der Waals surface area contributed by atoms with Crippen LogP contribution in [0, 0.1) is 0 Å². The van der Waals surface area contributed by atoms with Crippen molar-refractivity contribution >= 4 is 17.0 Å². The second-order valence-electron chi connectivity index (χ2n) is 5.45. The second kappa shape index (κ2) is 6.16. The molecule has 0 radical (unpaired) electrons. The van der Waals surface area contributed by atoms with Crippen LogP contribution in [0.25, 0.3) is 5.57 Å². The van der Waals surface area contributed by atoms with Gasteiger partial charge in [-0.3, -0.25) is 4.99 Å². The van der Waals surface area contributed by atoms with Crippen molar-refractivity contribution in [1.29, 1.82) is 0 Å². The third-order valence-corrected chi connectivity index (χ3v) is 4.08. The third-order valence-electron chi connectivity index (χ3n) is 4.08. The number of benzene rings is 1. The van der Waals surface area contributed by atoms with Crippen LogP contribution in [0.1, 0.15) is 39.2 Å². The van der Waals surface area contributed by atoms with E-state index >= 15 is 0 Å². The Kier molecular flexibility index (Phi) is 4.54. The van der Waals surface area contributed by atoms with Crippen LogP contribution in [0.2, 0.25) is 0 Å². The quantitative estimate of drug-likeness (QED) is 0.770. The zero-order valence-electron chi connectivity index (χ0n) is 12.5. The molecule has 1 heterocycles. The molecule has 0 amide bonds. The number of nitrogens with zero attached hydrogens (tertiary/aromatic N) is 2. The summed E-state index contributed by atoms with van der Waals surface area (Å²) in [5.74, 6) is 0. The van der Waals surface area contributed by atoms with Crippen molar-refractivity contribution in [3.8, 4) is 0 Å². The van der Waals surface area contributed by atoms with Crippen molar-refractivity contribution in [2.75, 3.05) is 13.6 Å². The van der Waals surface area contributed by atoms with Crippen LogP contribution in [0.3, 0.4) is 0 Å². The summed E-state index contributed by atoms with van der Waals surface area (Å²) in [6, 6.07) is 9.04. The number of para-hydroxylation sites is 1. The van der Waals surface area contributed by atoms with E-state index in [1.165, 1.54) is 16.8 Å². The van der Waals surface area contributed by atoms with Gasteiger partial charge in [-0.25, -0.2) is 0 Å². The van der Waals surface area contributed by atoms with E-state index in [0.717, 1.165) is 25.1 Å². The van der Waals surface area contributed by atoms with Gasteiger partial charge in [0, 0.05) is 30.3 Å². The Hall–Kier alpha value is -1.41. The van der Waals surface area contributed by atoms with E-state index in [1.54, 1.807) is 0 Å². The van der Waals surface area contributed by atoms with E-state index in [0.29, 0.717) is 6.04 Å². The molecule has 1 aliphatic rings. The second-order valence-corrected chi connectivity index (χ2v) is 5.45. The van der Waals surface area contributed by atoms with Gasteiger partial charge in [0.1, 0.15) is 0 Å². The largest absolute Gasteiger partial charge is 0.303 e. The molecule has 1 unspecified atom stereocenters. The summed E-state index contributed by atoms with van der Waals surface area (Å²) >= 11 is 0. The highest BCUT2D eigenvalue weighted by molar-refractivity contribution is 5.89. The van der Waals surface area contributed by atoms with E-state index in [4.69, 9.17) is 4.99 Å². The lowest BCUT2D eigenvalue weighted by Crippen LogP contribution is -2.37. The Morgan fingerprint density at radius 1 is 1.37 bits per heavy atom. The van der Waals surface area contributed by atoms with Crippen LogP contribution in [-0.2, 0) is 0 Å². The Labute approximate surface area is 116 Å². The van der Waals surface area contributed by atoms with Crippen molar-refractivity contribution in [3.05, 3.63) is 35.9 Å². The number of hydrogen-bond acceptors (Lipinski definition) is 2. The van der Waals surface area contributed by atoms with Gasteiger partial charge >= 0.3 is 0 Å². The molecule has 0 aromatic heterocycles. The molecule has 0 aliphatic carbocycles. The molecule has 1 aromatic rings. The lowest BCUT2D eigenvalue weighted by atomic mass is 10.0. The molecule has 1 atom stereocenters. The van der Waals surface area contributed by atoms with E-state index in [1.807, 2.05) is 0 Å². The number of piperidine rings is 1. The Bertz CT molecular complexity index is 500. The summed E-state index contributed by atoms with van der Waals surface area (Å²) in [5, 5.41) is 0. The smallest absolute Gasteiger partial charge is 0.0703 e. The van der Waals surface area contributed by atoms with Crippen molar-refractivity contribution in [1.82, 2.24) is 4.90 Å². The highest BCUT2D eigenvalue weighted by Crippen LogP contribution is 2.27. The van der Waals surface area contributed by atoms with Crippen LogP contribution in [0.5, 0.6) is 0 Å². The van der Waals surface area contributed by atoms with E-state index in [9.17, 15) is 0 Å². The first kappa shape index (κ1) is 14.0. The van der Waals surface area contributed by atoms with E-state index in [2.05, 4.69) is 63.1 Å². The van der Waals surface area contributed by atoms with Crippen LogP contribution >= 0.6 is 0 Å². The van der Waals surface area contributed by atoms with Gasteiger partial charge in [0.05, 0.1) is 5.69 Å². The Morgan fingerprint density at radius 3 is 2.79 bits per heavy atom. The fourth-order valence-electron chi connectivity index (χ4n) is 2.46. The normalized spacial score (nSPS) is 23.9. The van der Waals surface area contributed by atoms with E-state index in [-0.39, 0.29) is 0 Å². The SMILES string of the molecule is CC=C(C)c1ccccc1N=C1CCN(C)C(C)C1. The van der Waals surface area contributed by atoms with Gasteiger partial charge in [-0.15, -0.1) is 0 Å². The monoisotopic (exact) mass is 256 g/mol. The minimum Gasteiger partial charge on any atom is -0.303 e. The lowest BCUT2D eigenvalue weighted by molar-refractivity contribution is 0.253. The molecule has 2 nitrogen and oxygen atoms in total. The van der Waals surface area contributed by atoms with Crippen molar-refractivity contribution in [3.63, 3.8) is 0 Å². The predicted octanol–water partition coefficient (Wildman–Crippen LogP) is 4.30. The third kappa shape index (κ3) is 3.32. The molecule has 0 N–H and O–H groups in total. The maximum Gasteiger partial charge on any atom is 0.0703 e. The van der Waals surface area contributed by atoms with Crippen LogP contribution < -0.4 is 0 Å². The summed E-state index contributed by atoms with van der Waals surface area (Å²) in [7, 11) is 2.19. The molecule has 0 spiro atoms. The average molecular weight is 256 g/mol. The van der Waals surface area contributed by atoms with Crippen LogP contribution in [0.15, 0.2) is 35.3 Å². The molecule has 19 heavy (non-hydrogen) atoms. The van der Waals surface area contributed by atoms with Crippen molar-refractivity contribution in [2.24, 2.45) is 4.99 Å². The highest BCUT2D eigenvalue weighted by atomic mass is 15.1. The minimum absolute atomic E-state index is 0.600. The number of aliphatic imine (C=N–C) groups is 1. The predicted molar refractivity (Wildman–Crippen MR) is 84.2 cm³/mol. The molecule has 1 fully saturated rings. The molecule has 2 heteroatoms. The van der Waals surface area contributed by atoms with Crippen molar-refractivity contribution in [2.45, 2.75) is 39.7 Å². The number of hydrogen-bond donors (Lipinski definition) is 0. The summed E-state index contributed by atoms with van der Waals surface area (Å²) in [6.07, 6.45) is 4.32. The molecule has 1 aromatic carbocycles. The standard InChI is InChI=1S/C17H24N2/c1-5-13(2)16-8-6-7-9-17(16)18-15-10-11-19(4)14(3)12-15/h5-9,14H,10-12H2,1-4H3. The molecule has 1 saturated heterocycles. The first-order valence-electron chi connectivity index (χ1n) is 7.10. The fraction of sp³-hybridized carbons (Fsp3) is 0.471. The average Bonchev–Trinajstić information content (AvgIpc) is 2.43. The van der Waals surface area contributed by atoms with Gasteiger partial charge in [-0.05, 0) is 45.9 Å². The highest BCUT2D eigenvalue weighted by Gasteiger charge is 2.19. The molecule has 0 saturated carbocycles. The van der Waals surface area contributed by atoms with E-state index < -0.39 is 0 Å². The van der Waals surface area contributed by atoms with Gasteiger partial charge in [0.25, 0.3) is 0 Å². The zero-order valence-corrected chi connectivity index (χ0v) is 12.5. The number of allylic oxidation sites excluding steroid dienone is 2. The summed E-state index contributed by atoms with van der Waals surface area (Å²) in [4.78, 5) is 7.33. The van der Waals surface area contributed by atoms with Crippen LogP contribution in [0.4, 0.5) is 5.69 Å². The Balaban J connectivity index is 2.28. The summed E-state index contributed by atoms with van der Waals surface area (Å²) in [6.45, 7) is 7.62. The van der Waals surface area contributed by atoms with Crippen LogP contribution in [-0.4, -0.2) is 30.2 Å². The number of rotatable bonds is 2. The molecule has 0 bridgehead atoms. The first-order valence-corrected chi connectivity index (χ1v) is 7.10. The maximum atomic E-state index is 4.92. The minimum atomic E-state index is 0.600. The molecular weight excluding hydrogens is 232 g/mol. The molecule has 102 valence electrons. The van der Waals surface area contributed by atoms with Gasteiger partial charge < -0.3 is 4.90 Å². The molecular formula is C17H24N2. The number of likely N-dealkylation sites (tertiary alicyclic amines) is 1. The lowest BCUT2D eigenvalue weighted by Gasteiger charge is -2.30.